The molecular formula is C17H19ClFN3. The van der Waals surface area contributed by atoms with E-state index in [4.69, 9.17) is 0 Å². The van der Waals surface area contributed by atoms with Crippen LogP contribution < -0.4 is 10.9 Å². The largest absolute Gasteiger partial charge is 0.309 e. The highest BCUT2D eigenvalue weighted by Crippen LogP contribution is 2.22. The maximum absolute atomic E-state index is 13.1. The van der Waals surface area contributed by atoms with Gasteiger partial charge in [-0.1, -0.05) is 42.5 Å². The Morgan fingerprint density at radius 1 is 1.05 bits per heavy atom. The second-order valence-corrected chi connectivity index (χ2v) is 5.11. The van der Waals surface area contributed by atoms with Crippen LogP contribution in [-0.2, 0) is 6.42 Å². The number of benzene rings is 2. The SMILES string of the molecule is Cl.Fc1ccc(CC(C2=NCCNN2)c2ccccc2)cc1. The van der Waals surface area contributed by atoms with Gasteiger partial charge in [-0.25, -0.2) is 9.82 Å². The van der Waals surface area contributed by atoms with Gasteiger partial charge in [0.25, 0.3) is 0 Å². The third-order valence-electron chi connectivity index (χ3n) is 3.62. The number of hydrazine groups is 1. The number of nitrogens with one attached hydrogen (secondary N) is 2. The monoisotopic (exact) mass is 319 g/mol. The van der Waals surface area contributed by atoms with Gasteiger partial charge in [0.1, 0.15) is 11.7 Å². The number of aliphatic imine (C=N–C) groups is 1. The van der Waals surface area contributed by atoms with Crippen LogP contribution in [0.4, 0.5) is 4.39 Å². The summed E-state index contributed by atoms with van der Waals surface area (Å²) in [4.78, 5) is 4.59. The number of halogens is 2. The predicted molar refractivity (Wildman–Crippen MR) is 90.0 cm³/mol. The van der Waals surface area contributed by atoms with E-state index in [1.165, 1.54) is 17.7 Å². The molecule has 2 aromatic carbocycles. The van der Waals surface area contributed by atoms with Gasteiger partial charge in [0.2, 0.25) is 0 Å². The van der Waals surface area contributed by atoms with Gasteiger partial charge in [0.15, 0.2) is 0 Å². The quantitative estimate of drug-likeness (QED) is 0.908. The lowest BCUT2D eigenvalue weighted by molar-refractivity contribution is 0.601. The molecule has 5 heteroatoms. The molecule has 2 N–H and O–H groups in total. The van der Waals surface area contributed by atoms with Gasteiger partial charge in [-0.2, -0.15) is 0 Å². The molecule has 3 nitrogen and oxygen atoms in total. The van der Waals surface area contributed by atoms with Gasteiger partial charge in [-0.3, -0.25) is 4.99 Å². The molecule has 1 heterocycles. The average Bonchev–Trinajstić information content (AvgIpc) is 2.56. The number of nitrogens with zero attached hydrogens (tertiary/aromatic N) is 1. The van der Waals surface area contributed by atoms with Crippen LogP contribution in [0, 0.1) is 5.82 Å². The molecule has 1 atom stereocenters. The molecule has 0 saturated carbocycles. The summed E-state index contributed by atoms with van der Waals surface area (Å²) in [5, 5.41) is 0. The van der Waals surface area contributed by atoms with Crippen LogP contribution in [0.3, 0.4) is 0 Å². The third kappa shape index (κ3) is 4.06. The number of rotatable bonds is 4. The van der Waals surface area contributed by atoms with Crippen LogP contribution >= 0.6 is 12.4 Å². The molecule has 22 heavy (non-hydrogen) atoms. The fourth-order valence-electron chi connectivity index (χ4n) is 2.54. The van der Waals surface area contributed by atoms with E-state index in [-0.39, 0.29) is 24.1 Å². The van der Waals surface area contributed by atoms with Crippen molar-refractivity contribution in [1.29, 1.82) is 0 Å². The molecule has 0 aromatic heterocycles. The van der Waals surface area contributed by atoms with E-state index in [2.05, 4.69) is 28.0 Å². The lowest BCUT2D eigenvalue weighted by Crippen LogP contribution is -2.46. The van der Waals surface area contributed by atoms with E-state index in [0.29, 0.717) is 0 Å². The normalized spacial score (nSPS) is 15.2. The Kier molecular flexibility index (Phi) is 5.92. The number of hydrogen-bond acceptors (Lipinski definition) is 3. The van der Waals surface area contributed by atoms with Crippen LogP contribution in [0.15, 0.2) is 59.6 Å². The second kappa shape index (κ2) is 7.92. The zero-order chi connectivity index (χ0) is 14.5. The zero-order valence-electron chi connectivity index (χ0n) is 12.1. The summed E-state index contributed by atoms with van der Waals surface area (Å²) in [7, 11) is 0. The van der Waals surface area contributed by atoms with Crippen molar-refractivity contribution < 1.29 is 4.39 Å². The molecule has 0 bridgehead atoms. The number of amidine groups is 1. The Morgan fingerprint density at radius 3 is 2.41 bits per heavy atom. The van der Waals surface area contributed by atoms with Crippen LogP contribution in [0.2, 0.25) is 0 Å². The first-order valence-electron chi connectivity index (χ1n) is 7.15. The topological polar surface area (TPSA) is 36.4 Å². The summed E-state index contributed by atoms with van der Waals surface area (Å²) < 4.78 is 13.1. The molecule has 0 aliphatic carbocycles. The lowest BCUT2D eigenvalue weighted by atomic mass is 9.90. The fourth-order valence-corrected chi connectivity index (χ4v) is 2.54. The Morgan fingerprint density at radius 2 is 1.77 bits per heavy atom. The second-order valence-electron chi connectivity index (χ2n) is 5.11. The molecule has 3 rings (SSSR count). The van der Waals surface area contributed by atoms with Crippen LogP contribution in [0.25, 0.3) is 0 Å². The summed E-state index contributed by atoms with van der Waals surface area (Å²) >= 11 is 0. The minimum absolute atomic E-state index is 0. The first-order valence-corrected chi connectivity index (χ1v) is 7.15. The molecule has 0 radical (unpaired) electrons. The van der Waals surface area contributed by atoms with Crippen molar-refractivity contribution in [2.24, 2.45) is 4.99 Å². The molecule has 2 aromatic rings. The Bertz CT molecular complexity index is 614. The first-order chi connectivity index (χ1) is 10.3. The van der Waals surface area contributed by atoms with Crippen molar-refractivity contribution in [3.05, 3.63) is 71.5 Å². The number of hydrogen-bond donors (Lipinski definition) is 2. The first kappa shape index (κ1) is 16.5. The summed E-state index contributed by atoms with van der Waals surface area (Å²) in [5.41, 5.74) is 8.62. The van der Waals surface area contributed by atoms with Crippen molar-refractivity contribution in [2.75, 3.05) is 13.1 Å². The van der Waals surface area contributed by atoms with Gasteiger partial charge in [-0.15, -0.1) is 12.4 Å². The molecule has 1 unspecified atom stereocenters. The molecule has 0 amide bonds. The smallest absolute Gasteiger partial charge is 0.123 e. The Balaban J connectivity index is 0.00000176. The molecule has 1 aliphatic rings. The van der Waals surface area contributed by atoms with Crippen LogP contribution in [0.1, 0.15) is 17.0 Å². The van der Waals surface area contributed by atoms with Gasteiger partial charge in [0.05, 0.1) is 6.54 Å². The van der Waals surface area contributed by atoms with E-state index in [9.17, 15) is 4.39 Å². The molecule has 116 valence electrons. The van der Waals surface area contributed by atoms with E-state index in [0.717, 1.165) is 30.9 Å². The average molecular weight is 320 g/mol. The van der Waals surface area contributed by atoms with Gasteiger partial charge in [-0.05, 0) is 29.7 Å². The summed E-state index contributed by atoms with van der Waals surface area (Å²) in [5.74, 6) is 0.881. The molecule has 0 fully saturated rings. The van der Waals surface area contributed by atoms with E-state index < -0.39 is 0 Å². The highest BCUT2D eigenvalue weighted by atomic mass is 35.5. The van der Waals surface area contributed by atoms with Gasteiger partial charge < -0.3 is 5.43 Å². The fraction of sp³-hybridized carbons (Fsp3) is 0.235. The Labute approximate surface area is 136 Å². The molecule has 0 saturated heterocycles. The van der Waals surface area contributed by atoms with E-state index in [1.54, 1.807) is 0 Å². The minimum atomic E-state index is -0.204. The van der Waals surface area contributed by atoms with E-state index >= 15 is 0 Å². The van der Waals surface area contributed by atoms with Crippen molar-refractivity contribution in [2.45, 2.75) is 12.3 Å². The van der Waals surface area contributed by atoms with Crippen molar-refractivity contribution in [3.63, 3.8) is 0 Å². The van der Waals surface area contributed by atoms with Crippen LogP contribution in [0.5, 0.6) is 0 Å². The standard InChI is InChI=1S/C17H18FN3.ClH/c18-15-8-6-13(7-9-15)12-16(14-4-2-1-3-5-14)17-19-10-11-20-21-17;/h1-9,16,20H,10-12H2,(H,19,21);1H. The van der Waals surface area contributed by atoms with Gasteiger partial charge >= 0.3 is 0 Å². The van der Waals surface area contributed by atoms with Crippen molar-refractivity contribution >= 4 is 18.2 Å². The zero-order valence-corrected chi connectivity index (χ0v) is 12.9. The third-order valence-corrected chi connectivity index (χ3v) is 3.62. The highest BCUT2D eigenvalue weighted by molar-refractivity contribution is 5.89. The predicted octanol–water partition coefficient (Wildman–Crippen LogP) is 3.08. The van der Waals surface area contributed by atoms with Crippen LogP contribution in [-0.4, -0.2) is 18.9 Å². The maximum Gasteiger partial charge on any atom is 0.123 e. The summed E-state index contributed by atoms with van der Waals surface area (Å²) in [6.07, 6.45) is 0.789. The Hall–Kier alpha value is -1.91. The molecular weight excluding hydrogens is 301 g/mol. The van der Waals surface area contributed by atoms with Crippen molar-refractivity contribution in [1.82, 2.24) is 10.9 Å². The van der Waals surface area contributed by atoms with Gasteiger partial charge in [0, 0.05) is 12.5 Å². The minimum Gasteiger partial charge on any atom is -0.309 e. The lowest BCUT2D eigenvalue weighted by Gasteiger charge is -2.24. The maximum atomic E-state index is 13.1. The van der Waals surface area contributed by atoms with Crippen molar-refractivity contribution in [3.8, 4) is 0 Å². The highest BCUT2D eigenvalue weighted by Gasteiger charge is 2.20. The van der Waals surface area contributed by atoms with E-state index in [1.807, 2.05) is 30.3 Å². The summed E-state index contributed by atoms with van der Waals surface area (Å²) in [6.45, 7) is 1.61. The summed E-state index contributed by atoms with van der Waals surface area (Å²) in [6, 6.07) is 17.0. The molecule has 1 aliphatic heterocycles. The molecule has 0 spiro atoms.